The van der Waals surface area contributed by atoms with Crippen LogP contribution in [0.25, 0.3) is 5.76 Å². The van der Waals surface area contributed by atoms with E-state index in [-0.39, 0.29) is 4.87 Å². The lowest BCUT2D eigenvalue weighted by molar-refractivity contribution is 0.325. The molecule has 4 atom stereocenters. The summed E-state index contributed by atoms with van der Waals surface area (Å²) in [5.41, 5.74) is 2.44. The molecule has 2 nitrogen and oxygen atoms in total. The van der Waals surface area contributed by atoms with Crippen LogP contribution in [0.4, 0.5) is 0 Å². The van der Waals surface area contributed by atoms with Crippen LogP contribution in [0.5, 0.6) is 5.75 Å². The number of benzene rings is 1. The molecule has 0 radical (unpaired) electrons. The van der Waals surface area contributed by atoms with Crippen molar-refractivity contribution in [1.29, 1.82) is 0 Å². The fraction of sp³-hybridized carbons (Fsp3) is 0.529. The van der Waals surface area contributed by atoms with Crippen molar-refractivity contribution in [2.45, 2.75) is 30.6 Å². The van der Waals surface area contributed by atoms with Crippen molar-refractivity contribution in [3.63, 3.8) is 0 Å². The van der Waals surface area contributed by atoms with E-state index in [1.807, 2.05) is 12.1 Å². The molecule has 1 aromatic rings. The maximum atomic E-state index is 9.71. The van der Waals surface area contributed by atoms with Gasteiger partial charge in [-0.05, 0) is 61.1 Å². The van der Waals surface area contributed by atoms with Crippen molar-refractivity contribution in [2.75, 3.05) is 7.11 Å². The highest BCUT2D eigenvalue weighted by molar-refractivity contribution is 6.24. The zero-order valence-corrected chi connectivity index (χ0v) is 12.4. The molecule has 1 aromatic carbocycles. The Morgan fingerprint density at radius 1 is 1.35 bits per heavy atom. The van der Waals surface area contributed by atoms with Crippen LogP contribution < -0.4 is 0 Å². The molecule has 5 rings (SSSR count). The maximum Gasteiger partial charge on any atom is 0.125 e. The monoisotopic (exact) mass is 290 g/mol. The first-order valence-corrected chi connectivity index (χ1v) is 7.74. The summed E-state index contributed by atoms with van der Waals surface area (Å²) in [6.45, 7) is 0. The number of phenolic OH excluding ortho intramolecular Hbond substituents is 1. The minimum atomic E-state index is 0.0550. The molecule has 4 aliphatic rings. The van der Waals surface area contributed by atoms with Crippen molar-refractivity contribution < 1.29 is 9.84 Å². The van der Waals surface area contributed by atoms with E-state index in [0.29, 0.717) is 17.6 Å². The third kappa shape index (κ3) is 1.70. The summed E-state index contributed by atoms with van der Waals surface area (Å²) >= 11 is 6.71. The van der Waals surface area contributed by atoms with Gasteiger partial charge in [-0.2, -0.15) is 0 Å². The van der Waals surface area contributed by atoms with Crippen LogP contribution in [0.2, 0.25) is 0 Å². The summed E-state index contributed by atoms with van der Waals surface area (Å²) in [6, 6.07) is 7.38. The molecule has 4 aliphatic carbocycles. The van der Waals surface area contributed by atoms with E-state index < -0.39 is 0 Å². The zero-order valence-electron chi connectivity index (χ0n) is 11.6. The largest absolute Gasteiger partial charge is 0.508 e. The van der Waals surface area contributed by atoms with E-state index in [2.05, 4.69) is 0 Å². The molecule has 3 heteroatoms. The van der Waals surface area contributed by atoms with E-state index >= 15 is 0 Å². The van der Waals surface area contributed by atoms with Gasteiger partial charge in [-0.25, -0.2) is 0 Å². The lowest BCUT2D eigenvalue weighted by Gasteiger charge is -2.35. The van der Waals surface area contributed by atoms with Crippen LogP contribution in [0.3, 0.4) is 0 Å². The Morgan fingerprint density at radius 3 is 2.90 bits per heavy atom. The number of rotatable bonds is 2. The third-order valence-electron chi connectivity index (χ3n) is 5.40. The minimum Gasteiger partial charge on any atom is -0.508 e. The van der Waals surface area contributed by atoms with Gasteiger partial charge >= 0.3 is 0 Å². The Bertz CT molecular complexity index is 590. The van der Waals surface area contributed by atoms with Crippen LogP contribution in [-0.2, 0) is 4.74 Å². The number of methoxy groups -OCH3 is 1. The Labute approximate surface area is 124 Å². The normalized spacial score (nSPS) is 40.2. The van der Waals surface area contributed by atoms with Gasteiger partial charge in [0.1, 0.15) is 11.5 Å². The lowest BCUT2D eigenvalue weighted by atomic mass is 9.77. The van der Waals surface area contributed by atoms with Crippen LogP contribution in [0, 0.1) is 17.8 Å². The molecular weight excluding hydrogens is 272 g/mol. The van der Waals surface area contributed by atoms with Crippen molar-refractivity contribution in [2.24, 2.45) is 17.8 Å². The van der Waals surface area contributed by atoms with Gasteiger partial charge in [0.2, 0.25) is 0 Å². The van der Waals surface area contributed by atoms with Crippen LogP contribution >= 0.6 is 11.6 Å². The second-order valence-electron chi connectivity index (χ2n) is 6.60. The summed E-state index contributed by atoms with van der Waals surface area (Å²) in [4.78, 5) is 0.0550. The molecule has 4 bridgehead atoms. The fourth-order valence-corrected chi connectivity index (χ4v) is 5.42. The Morgan fingerprint density at radius 2 is 2.20 bits per heavy atom. The number of aromatic hydroxyl groups is 1. The van der Waals surface area contributed by atoms with Gasteiger partial charge in [-0.1, -0.05) is 12.1 Å². The number of hydrogen-bond acceptors (Lipinski definition) is 2. The van der Waals surface area contributed by atoms with Crippen molar-refractivity contribution in [3.8, 4) is 5.75 Å². The molecule has 0 aromatic heterocycles. The van der Waals surface area contributed by atoms with Crippen LogP contribution in [0.15, 0.2) is 29.8 Å². The summed E-state index contributed by atoms with van der Waals surface area (Å²) in [5.74, 6) is 3.16. The number of alkyl halides is 1. The molecule has 4 unspecified atom stereocenters. The van der Waals surface area contributed by atoms with Crippen LogP contribution in [-0.4, -0.2) is 17.1 Å². The van der Waals surface area contributed by atoms with Gasteiger partial charge in [-0.15, -0.1) is 11.6 Å². The molecule has 0 spiro atoms. The van der Waals surface area contributed by atoms with E-state index in [0.717, 1.165) is 36.5 Å². The topological polar surface area (TPSA) is 29.5 Å². The standard InChI is InChI=1S/C17H19ClO2/c1-20-16(10-3-2-4-13(19)6-10)15-12-5-11-7-17(18,8-12)9-14(11)15/h2-4,6,11-12,14,19H,5,7-9H2,1H3/b16-15+. The quantitative estimate of drug-likeness (QED) is 0.654. The molecule has 4 fully saturated rings. The number of ether oxygens (including phenoxy) is 1. The predicted molar refractivity (Wildman–Crippen MR) is 79.6 cm³/mol. The second-order valence-corrected chi connectivity index (χ2v) is 7.40. The molecule has 4 saturated carbocycles. The van der Waals surface area contributed by atoms with E-state index in [4.69, 9.17) is 16.3 Å². The highest BCUT2D eigenvalue weighted by Crippen LogP contribution is 2.65. The van der Waals surface area contributed by atoms with Gasteiger partial charge in [0.05, 0.1) is 7.11 Å². The number of allylic oxidation sites excluding steroid dienone is 1. The molecule has 0 amide bonds. The third-order valence-corrected chi connectivity index (χ3v) is 5.86. The first-order valence-electron chi connectivity index (χ1n) is 7.36. The molecule has 106 valence electrons. The van der Waals surface area contributed by atoms with Crippen molar-refractivity contribution in [1.82, 2.24) is 0 Å². The first kappa shape index (κ1) is 12.6. The van der Waals surface area contributed by atoms with Gasteiger partial charge in [0.15, 0.2) is 0 Å². The molecule has 0 heterocycles. The van der Waals surface area contributed by atoms with Crippen LogP contribution in [0.1, 0.15) is 31.2 Å². The Balaban J connectivity index is 1.81. The van der Waals surface area contributed by atoms with Crippen molar-refractivity contribution >= 4 is 17.4 Å². The van der Waals surface area contributed by atoms with Gasteiger partial charge in [0, 0.05) is 10.4 Å². The Kier molecular flexibility index (Phi) is 2.62. The number of phenols is 1. The molecular formula is C17H19ClO2. The van der Waals surface area contributed by atoms with E-state index in [1.54, 1.807) is 19.2 Å². The SMILES string of the molecule is CO/C(=C1\C2CC3CC(Cl)(C2)CC13)c1cccc(O)c1. The molecule has 20 heavy (non-hydrogen) atoms. The fourth-order valence-electron chi connectivity index (χ4n) is 4.87. The maximum absolute atomic E-state index is 9.71. The first-order chi connectivity index (χ1) is 9.59. The van der Waals surface area contributed by atoms with Crippen molar-refractivity contribution in [3.05, 3.63) is 35.4 Å². The summed E-state index contributed by atoms with van der Waals surface area (Å²) in [6.07, 6.45) is 4.61. The minimum absolute atomic E-state index is 0.0550. The average molecular weight is 291 g/mol. The summed E-state index contributed by atoms with van der Waals surface area (Å²) < 4.78 is 5.74. The van der Waals surface area contributed by atoms with E-state index in [1.165, 1.54) is 12.0 Å². The summed E-state index contributed by atoms with van der Waals surface area (Å²) in [5, 5.41) is 9.71. The molecule has 1 N–H and O–H groups in total. The van der Waals surface area contributed by atoms with E-state index in [9.17, 15) is 5.11 Å². The number of halogens is 1. The zero-order chi connectivity index (χ0) is 13.9. The highest BCUT2D eigenvalue weighted by Gasteiger charge is 2.58. The lowest BCUT2D eigenvalue weighted by Crippen LogP contribution is -2.29. The van der Waals surface area contributed by atoms with Gasteiger partial charge in [0.25, 0.3) is 0 Å². The van der Waals surface area contributed by atoms with Gasteiger partial charge < -0.3 is 9.84 Å². The summed E-state index contributed by atoms with van der Waals surface area (Å²) in [7, 11) is 1.74. The second kappa shape index (κ2) is 4.17. The highest BCUT2D eigenvalue weighted by atomic mass is 35.5. The molecule has 0 aliphatic heterocycles. The Hall–Kier alpha value is -1.15. The smallest absolute Gasteiger partial charge is 0.125 e. The molecule has 0 saturated heterocycles. The predicted octanol–water partition coefficient (Wildman–Crippen LogP) is 4.18. The van der Waals surface area contributed by atoms with Gasteiger partial charge in [-0.3, -0.25) is 0 Å². The number of hydrogen-bond donors (Lipinski definition) is 1. The average Bonchev–Trinajstić information content (AvgIpc) is 2.77.